The number of aliphatic hydroxyl groups is 1. The Morgan fingerprint density at radius 3 is 1.79 bits per heavy atom. The summed E-state index contributed by atoms with van der Waals surface area (Å²) >= 11 is 0. The fourth-order valence-corrected chi connectivity index (χ4v) is 3.78. The molecular formula is C15H14O11S2. The Morgan fingerprint density at radius 2 is 1.36 bits per heavy atom. The summed E-state index contributed by atoms with van der Waals surface area (Å²) in [5.74, 6) is -3.33. The molecule has 0 aliphatic carbocycles. The lowest BCUT2D eigenvalue weighted by molar-refractivity contribution is 0.103. The molecule has 11 nitrogen and oxygen atoms in total. The molecule has 0 heterocycles. The second kappa shape index (κ2) is 7.37. The summed E-state index contributed by atoms with van der Waals surface area (Å²) < 4.78 is 69.0. The molecule has 0 spiro atoms. The van der Waals surface area contributed by atoms with Crippen LogP contribution in [0.15, 0.2) is 34.1 Å². The summed E-state index contributed by atoms with van der Waals surface area (Å²) in [6.45, 7) is -0.891. The number of ketones is 1. The van der Waals surface area contributed by atoms with Crippen LogP contribution in [0.4, 0.5) is 0 Å². The number of ether oxygens (including phenoxy) is 1. The number of phenols is 2. The number of carbonyl (C=O) groups is 1. The van der Waals surface area contributed by atoms with Gasteiger partial charge in [-0.05, 0) is 18.2 Å². The molecule has 0 saturated heterocycles. The van der Waals surface area contributed by atoms with Crippen LogP contribution in [-0.2, 0) is 26.8 Å². The van der Waals surface area contributed by atoms with E-state index in [9.17, 15) is 40.9 Å². The van der Waals surface area contributed by atoms with Gasteiger partial charge in [0.25, 0.3) is 20.2 Å². The number of carbonyl (C=O) groups excluding carboxylic acids is 1. The van der Waals surface area contributed by atoms with Crippen molar-refractivity contribution in [2.45, 2.75) is 16.4 Å². The largest absolute Gasteiger partial charge is 0.507 e. The third-order valence-electron chi connectivity index (χ3n) is 3.68. The number of rotatable bonds is 6. The molecule has 0 fully saturated rings. The topological polar surface area (TPSA) is 196 Å². The van der Waals surface area contributed by atoms with Crippen molar-refractivity contribution in [2.75, 3.05) is 7.11 Å². The predicted octanol–water partition coefficient (Wildman–Crippen LogP) is 0.323. The van der Waals surface area contributed by atoms with Crippen molar-refractivity contribution < 1.29 is 50.8 Å². The van der Waals surface area contributed by atoms with E-state index in [1.54, 1.807) is 0 Å². The highest BCUT2D eigenvalue weighted by atomic mass is 32.2. The molecule has 5 N–H and O–H groups in total. The number of hydrogen-bond donors (Lipinski definition) is 5. The highest BCUT2D eigenvalue weighted by molar-refractivity contribution is 7.86. The summed E-state index contributed by atoms with van der Waals surface area (Å²) in [5.41, 5.74) is -1.86. The molecule has 152 valence electrons. The van der Waals surface area contributed by atoms with Gasteiger partial charge in [0.1, 0.15) is 27.0 Å². The van der Waals surface area contributed by atoms with Gasteiger partial charge in [-0.1, -0.05) is 0 Å². The Kier molecular flexibility index (Phi) is 5.68. The van der Waals surface area contributed by atoms with Gasteiger partial charge >= 0.3 is 0 Å². The van der Waals surface area contributed by atoms with E-state index in [0.29, 0.717) is 18.2 Å². The molecule has 0 aliphatic heterocycles. The highest BCUT2D eigenvalue weighted by Gasteiger charge is 2.27. The van der Waals surface area contributed by atoms with Crippen molar-refractivity contribution in [3.05, 3.63) is 41.0 Å². The molecule has 0 bridgehead atoms. The van der Waals surface area contributed by atoms with Gasteiger partial charge in [-0.15, -0.1) is 0 Å². The molecule has 28 heavy (non-hydrogen) atoms. The molecule has 13 heteroatoms. The third kappa shape index (κ3) is 4.07. The monoisotopic (exact) mass is 434 g/mol. The van der Waals surface area contributed by atoms with Crippen LogP contribution in [0, 0.1) is 0 Å². The fourth-order valence-electron chi connectivity index (χ4n) is 2.39. The molecule has 0 aromatic heterocycles. The van der Waals surface area contributed by atoms with E-state index in [1.165, 1.54) is 0 Å². The lowest BCUT2D eigenvalue weighted by Crippen LogP contribution is -2.10. The van der Waals surface area contributed by atoms with Crippen molar-refractivity contribution in [3.63, 3.8) is 0 Å². The normalized spacial score (nSPS) is 12.0. The maximum Gasteiger partial charge on any atom is 0.298 e. The first kappa shape index (κ1) is 21.6. The van der Waals surface area contributed by atoms with E-state index in [1.807, 2.05) is 0 Å². The van der Waals surface area contributed by atoms with Gasteiger partial charge in [0.2, 0.25) is 5.78 Å². The molecule has 2 aromatic rings. The van der Waals surface area contributed by atoms with Gasteiger partial charge in [-0.3, -0.25) is 13.9 Å². The quantitative estimate of drug-likeness (QED) is 0.310. The molecule has 0 atom stereocenters. The number of methoxy groups -OCH3 is 1. The van der Waals surface area contributed by atoms with E-state index in [-0.39, 0.29) is 0 Å². The van der Waals surface area contributed by atoms with Gasteiger partial charge in [0, 0.05) is 11.6 Å². The van der Waals surface area contributed by atoms with Gasteiger partial charge in [-0.25, -0.2) is 0 Å². The SMILES string of the molecule is COc1cc(O)c(C(=O)c2cc(S(=O)(=O)O)c(CO)cc2O)cc1S(=O)(=O)O. The number of hydrogen-bond acceptors (Lipinski definition) is 9. The molecule has 0 radical (unpaired) electrons. The molecule has 0 saturated carbocycles. The molecule has 2 aromatic carbocycles. The van der Waals surface area contributed by atoms with Crippen LogP contribution in [0.2, 0.25) is 0 Å². The van der Waals surface area contributed by atoms with Crippen molar-refractivity contribution >= 4 is 26.0 Å². The highest BCUT2D eigenvalue weighted by Crippen LogP contribution is 2.35. The Balaban J connectivity index is 2.77. The standard InChI is InChI=1S/C15H14O11S2/c1-26-12-5-11(18)9(4-14(12)28(23,24)25)15(19)8-3-13(27(20,21)22)7(6-16)2-10(8)17/h2-5,16-18H,6H2,1H3,(H,20,21,22)(H,23,24,25). The van der Waals surface area contributed by atoms with Crippen LogP contribution in [0.5, 0.6) is 17.2 Å². The van der Waals surface area contributed by atoms with E-state index in [4.69, 9.17) is 9.84 Å². The van der Waals surface area contributed by atoms with Crippen molar-refractivity contribution in [2.24, 2.45) is 0 Å². The second-order valence-corrected chi connectivity index (χ2v) is 8.21. The molecule has 0 amide bonds. The van der Waals surface area contributed by atoms with Crippen LogP contribution in [-0.4, -0.2) is 54.2 Å². The Labute approximate surface area is 158 Å². The minimum atomic E-state index is -4.89. The number of aliphatic hydroxyl groups excluding tert-OH is 1. The van der Waals surface area contributed by atoms with Gasteiger partial charge in [0.15, 0.2) is 0 Å². The zero-order chi connectivity index (χ0) is 21.4. The minimum absolute atomic E-state index is 0.408. The first-order valence-corrected chi connectivity index (χ1v) is 10.1. The Hall–Kier alpha value is -2.71. The predicted molar refractivity (Wildman–Crippen MR) is 91.8 cm³/mol. The lowest BCUT2D eigenvalue weighted by atomic mass is 10.00. The lowest BCUT2D eigenvalue weighted by Gasteiger charge is -2.13. The molecule has 2 rings (SSSR count). The van der Waals surface area contributed by atoms with Crippen LogP contribution in [0.3, 0.4) is 0 Å². The number of aromatic hydroxyl groups is 2. The van der Waals surface area contributed by atoms with E-state index < -0.39 is 76.4 Å². The Morgan fingerprint density at radius 1 is 0.893 bits per heavy atom. The summed E-state index contributed by atoms with van der Waals surface area (Å²) in [5, 5.41) is 29.1. The first-order valence-electron chi connectivity index (χ1n) is 7.18. The van der Waals surface area contributed by atoms with Gasteiger partial charge in [-0.2, -0.15) is 16.8 Å². The summed E-state index contributed by atoms with van der Waals surface area (Å²) in [4.78, 5) is 10.9. The van der Waals surface area contributed by atoms with Crippen molar-refractivity contribution in [1.82, 2.24) is 0 Å². The molecule has 0 unspecified atom stereocenters. The average Bonchev–Trinajstić information content (AvgIpc) is 2.58. The summed E-state index contributed by atoms with van der Waals surface area (Å²) in [6, 6.07) is 2.55. The van der Waals surface area contributed by atoms with E-state index in [2.05, 4.69) is 0 Å². The molecular weight excluding hydrogens is 420 g/mol. The zero-order valence-corrected chi connectivity index (χ0v) is 15.7. The van der Waals surface area contributed by atoms with Crippen molar-refractivity contribution in [1.29, 1.82) is 0 Å². The number of phenolic OH excluding ortho intramolecular Hbond substituents is 2. The van der Waals surface area contributed by atoms with Crippen LogP contribution >= 0.6 is 0 Å². The molecule has 0 aliphatic rings. The van der Waals surface area contributed by atoms with Crippen molar-refractivity contribution in [3.8, 4) is 17.2 Å². The van der Waals surface area contributed by atoms with Crippen LogP contribution < -0.4 is 4.74 Å². The first-order chi connectivity index (χ1) is 12.8. The van der Waals surface area contributed by atoms with Gasteiger partial charge in [0.05, 0.1) is 24.8 Å². The smallest absolute Gasteiger partial charge is 0.298 e. The fraction of sp³-hybridized carbons (Fsp3) is 0.133. The van der Waals surface area contributed by atoms with Crippen LogP contribution in [0.25, 0.3) is 0 Å². The summed E-state index contributed by atoms with van der Waals surface area (Å²) in [7, 11) is -8.72. The minimum Gasteiger partial charge on any atom is -0.507 e. The maximum absolute atomic E-state index is 12.7. The van der Waals surface area contributed by atoms with E-state index in [0.717, 1.165) is 13.2 Å². The van der Waals surface area contributed by atoms with Crippen LogP contribution in [0.1, 0.15) is 21.5 Å². The zero-order valence-electron chi connectivity index (χ0n) is 14.0. The average molecular weight is 434 g/mol. The van der Waals surface area contributed by atoms with E-state index >= 15 is 0 Å². The van der Waals surface area contributed by atoms with Gasteiger partial charge < -0.3 is 20.1 Å². The number of benzene rings is 2. The Bertz CT molecular complexity index is 1070. The maximum atomic E-state index is 12.7. The third-order valence-corrected chi connectivity index (χ3v) is 5.49. The summed E-state index contributed by atoms with van der Waals surface area (Å²) in [6.07, 6.45) is 0. The second-order valence-electron chi connectivity index (χ2n) is 5.43.